The third-order valence-corrected chi connectivity index (χ3v) is 4.69. The van der Waals surface area contributed by atoms with E-state index in [0.717, 1.165) is 19.3 Å². The molecule has 0 saturated carbocycles. The van der Waals surface area contributed by atoms with Crippen LogP contribution in [0.15, 0.2) is 24.3 Å². The maximum atomic E-state index is 12.0. The normalized spacial score (nSPS) is 17.8. The maximum Gasteiger partial charge on any atom is 0.311 e. The first-order valence-corrected chi connectivity index (χ1v) is 9.33. The molecule has 4 heteroatoms. The van der Waals surface area contributed by atoms with E-state index >= 15 is 0 Å². The summed E-state index contributed by atoms with van der Waals surface area (Å²) in [5.41, 5.74) is 0. The van der Waals surface area contributed by atoms with Crippen molar-refractivity contribution in [2.45, 2.75) is 64.3 Å². The van der Waals surface area contributed by atoms with Crippen molar-refractivity contribution >= 4 is 5.97 Å². The number of carbonyl (C=O) groups is 1. The highest BCUT2D eigenvalue weighted by atomic mass is 16.6. The van der Waals surface area contributed by atoms with Crippen molar-refractivity contribution in [3.05, 3.63) is 24.3 Å². The summed E-state index contributed by atoms with van der Waals surface area (Å²) in [6.45, 7) is 3.99. The minimum atomic E-state index is -0.169. The summed E-state index contributed by atoms with van der Waals surface area (Å²) >= 11 is 0. The molecule has 0 radical (unpaired) electrons. The van der Waals surface area contributed by atoms with Gasteiger partial charge in [0.05, 0.1) is 6.61 Å². The van der Waals surface area contributed by atoms with E-state index in [2.05, 4.69) is 18.9 Å². The number of likely N-dealkylation sites (tertiary alicyclic amines) is 1. The number of hydrogen-bond acceptors (Lipinski definition) is 4. The lowest BCUT2D eigenvalue weighted by atomic mass is 10.1. The largest absolute Gasteiger partial charge is 0.490 e. The molecule has 2 rings (SSSR count). The second-order valence-corrected chi connectivity index (χ2v) is 6.65. The summed E-state index contributed by atoms with van der Waals surface area (Å²) in [5.74, 6) is 1.04. The molecule has 1 aliphatic rings. The van der Waals surface area contributed by atoms with Crippen LogP contribution in [0.1, 0.15) is 58.3 Å². The quantitative estimate of drug-likeness (QED) is 0.361. The molecule has 1 fully saturated rings. The monoisotopic (exact) mass is 333 g/mol. The van der Waals surface area contributed by atoms with Crippen molar-refractivity contribution in [1.82, 2.24) is 4.90 Å². The van der Waals surface area contributed by atoms with E-state index in [-0.39, 0.29) is 5.97 Å². The summed E-state index contributed by atoms with van der Waals surface area (Å²) in [6.07, 6.45) is 8.31. The van der Waals surface area contributed by atoms with Gasteiger partial charge in [0.15, 0.2) is 11.5 Å². The molecule has 1 heterocycles. The number of benzene rings is 1. The topological polar surface area (TPSA) is 38.8 Å². The van der Waals surface area contributed by atoms with Crippen LogP contribution in [0.3, 0.4) is 0 Å². The molecule has 24 heavy (non-hydrogen) atoms. The Balaban J connectivity index is 1.77. The Bertz CT molecular complexity index is 503. The van der Waals surface area contributed by atoms with Gasteiger partial charge in [0.1, 0.15) is 0 Å². The number of hydrogen-bond donors (Lipinski definition) is 0. The molecular weight excluding hydrogens is 302 g/mol. The highest BCUT2D eigenvalue weighted by Gasteiger charge is 2.20. The van der Waals surface area contributed by atoms with Gasteiger partial charge in [-0.05, 0) is 51.4 Å². The summed E-state index contributed by atoms with van der Waals surface area (Å²) in [7, 11) is 2.17. The molecule has 0 aliphatic carbocycles. The van der Waals surface area contributed by atoms with Gasteiger partial charge in [0.25, 0.3) is 0 Å². The SMILES string of the molecule is CCCCCCC(=O)Oc1ccccc1OCCC1CCCN1C. The highest BCUT2D eigenvalue weighted by Crippen LogP contribution is 2.28. The van der Waals surface area contributed by atoms with Gasteiger partial charge in [-0.25, -0.2) is 0 Å². The van der Waals surface area contributed by atoms with E-state index in [1.807, 2.05) is 18.2 Å². The van der Waals surface area contributed by atoms with Crippen molar-refractivity contribution in [1.29, 1.82) is 0 Å². The smallest absolute Gasteiger partial charge is 0.311 e. The lowest BCUT2D eigenvalue weighted by Gasteiger charge is -2.19. The van der Waals surface area contributed by atoms with Crippen molar-refractivity contribution in [2.24, 2.45) is 0 Å². The molecule has 4 nitrogen and oxygen atoms in total. The molecule has 1 aliphatic heterocycles. The fraction of sp³-hybridized carbons (Fsp3) is 0.650. The van der Waals surface area contributed by atoms with Gasteiger partial charge in [-0.15, -0.1) is 0 Å². The number of unbranched alkanes of at least 4 members (excludes halogenated alkanes) is 3. The van der Waals surface area contributed by atoms with Crippen LogP contribution in [0.4, 0.5) is 0 Å². The second-order valence-electron chi connectivity index (χ2n) is 6.65. The van der Waals surface area contributed by atoms with E-state index in [4.69, 9.17) is 9.47 Å². The van der Waals surface area contributed by atoms with Crippen LogP contribution in [0.2, 0.25) is 0 Å². The van der Waals surface area contributed by atoms with Crippen LogP contribution < -0.4 is 9.47 Å². The molecule has 1 saturated heterocycles. The number of para-hydroxylation sites is 2. The molecule has 0 amide bonds. The Hall–Kier alpha value is -1.55. The zero-order valence-electron chi connectivity index (χ0n) is 15.1. The Labute approximate surface area is 146 Å². The van der Waals surface area contributed by atoms with Crippen LogP contribution in [0, 0.1) is 0 Å². The van der Waals surface area contributed by atoms with E-state index in [9.17, 15) is 4.79 Å². The lowest BCUT2D eigenvalue weighted by molar-refractivity contribution is -0.134. The third-order valence-electron chi connectivity index (χ3n) is 4.69. The number of esters is 1. The first-order chi connectivity index (χ1) is 11.7. The summed E-state index contributed by atoms with van der Waals surface area (Å²) < 4.78 is 11.4. The molecule has 1 aromatic rings. The number of nitrogens with zero attached hydrogens (tertiary/aromatic N) is 1. The zero-order chi connectivity index (χ0) is 17.2. The van der Waals surface area contributed by atoms with Gasteiger partial charge in [0.2, 0.25) is 0 Å². The second kappa shape index (κ2) is 10.3. The van der Waals surface area contributed by atoms with E-state index in [1.54, 1.807) is 6.07 Å². The van der Waals surface area contributed by atoms with Crippen molar-refractivity contribution < 1.29 is 14.3 Å². The molecule has 1 aromatic carbocycles. The van der Waals surface area contributed by atoms with Crippen LogP contribution >= 0.6 is 0 Å². The van der Waals surface area contributed by atoms with Crippen LogP contribution in [0.5, 0.6) is 11.5 Å². The fourth-order valence-corrected chi connectivity index (χ4v) is 3.17. The summed E-state index contributed by atoms with van der Waals surface area (Å²) in [5, 5.41) is 0. The molecule has 1 unspecified atom stereocenters. The van der Waals surface area contributed by atoms with Crippen molar-refractivity contribution in [3.8, 4) is 11.5 Å². The van der Waals surface area contributed by atoms with Crippen molar-refractivity contribution in [2.75, 3.05) is 20.2 Å². The summed E-state index contributed by atoms with van der Waals surface area (Å²) in [4.78, 5) is 14.4. The standard InChI is InChI=1S/C20H31NO3/c1-3-4-5-6-13-20(22)24-19-12-8-7-11-18(19)23-16-14-17-10-9-15-21(17)2/h7-8,11-12,17H,3-6,9-10,13-16H2,1-2H3. The van der Waals surface area contributed by atoms with Gasteiger partial charge in [-0.3, -0.25) is 4.79 Å². The Kier molecular flexibility index (Phi) is 8.10. The predicted octanol–water partition coefficient (Wildman–Crippen LogP) is 4.43. The first-order valence-electron chi connectivity index (χ1n) is 9.33. The van der Waals surface area contributed by atoms with E-state index in [1.165, 1.54) is 32.2 Å². The average Bonchev–Trinajstić information content (AvgIpc) is 2.98. The third kappa shape index (κ3) is 6.16. The van der Waals surface area contributed by atoms with Crippen molar-refractivity contribution in [3.63, 3.8) is 0 Å². The van der Waals surface area contributed by atoms with Crippen LogP contribution in [-0.2, 0) is 4.79 Å². The predicted molar refractivity (Wildman–Crippen MR) is 96.6 cm³/mol. The van der Waals surface area contributed by atoms with Gasteiger partial charge in [-0.2, -0.15) is 0 Å². The van der Waals surface area contributed by atoms with E-state index in [0.29, 0.717) is 30.6 Å². The number of ether oxygens (including phenoxy) is 2. The summed E-state index contributed by atoms with van der Waals surface area (Å²) in [6, 6.07) is 8.07. The minimum absolute atomic E-state index is 0.169. The van der Waals surface area contributed by atoms with Gasteiger partial charge in [-0.1, -0.05) is 38.3 Å². The Morgan fingerprint density at radius 1 is 1.21 bits per heavy atom. The van der Waals surface area contributed by atoms with E-state index < -0.39 is 0 Å². The fourth-order valence-electron chi connectivity index (χ4n) is 3.17. The average molecular weight is 333 g/mol. The molecular formula is C20H31NO3. The van der Waals surface area contributed by atoms with Gasteiger partial charge < -0.3 is 14.4 Å². The number of carbonyl (C=O) groups excluding carboxylic acids is 1. The van der Waals surface area contributed by atoms with Gasteiger partial charge >= 0.3 is 5.97 Å². The first kappa shape index (κ1) is 18.8. The lowest BCUT2D eigenvalue weighted by Crippen LogP contribution is -2.26. The zero-order valence-corrected chi connectivity index (χ0v) is 15.1. The molecule has 0 aromatic heterocycles. The van der Waals surface area contributed by atoms with Crippen LogP contribution in [0.25, 0.3) is 0 Å². The minimum Gasteiger partial charge on any atom is -0.490 e. The Morgan fingerprint density at radius 2 is 2.00 bits per heavy atom. The van der Waals surface area contributed by atoms with Crippen LogP contribution in [-0.4, -0.2) is 37.1 Å². The molecule has 0 bridgehead atoms. The molecule has 0 spiro atoms. The molecule has 1 atom stereocenters. The number of rotatable bonds is 10. The molecule has 134 valence electrons. The molecule has 0 N–H and O–H groups in total. The van der Waals surface area contributed by atoms with Gasteiger partial charge in [0, 0.05) is 12.5 Å². The maximum absolute atomic E-state index is 12.0. The Morgan fingerprint density at radius 3 is 2.71 bits per heavy atom. The highest BCUT2D eigenvalue weighted by molar-refractivity contribution is 5.73.